The molecule has 1 aliphatic rings. The normalized spacial score (nSPS) is 19.1. The second-order valence-electron chi connectivity index (χ2n) is 7.07. The number of rotatable bonds is 6. The number of nitrogens with zero attached hydrogens (tertiary/aromatic N) is 3. The van der Waals surface area contributed by atoms with Crippen LogP contribution in [0.15, 0.2) is 18.2 Å². The van der Waals surface area contributed by atoms with Gasteiger partial charge >= 0.3 is 0 Å². The van der Waals surface area contributed by atoms with E-state index in [-0.39, 0.29) is 0 Å². The van der Waals surface area contributed by atoms with Crippen molar-refractivity contribution in [2.45, 2.75) is 52.6 Å². The van der Waals surface area contributed by atoms with Gasteiger partial charge in [0.1, 0.15) is 11.6 Å². The summed E-state index contributed by atoms with van der Waals surface area (Å²) in [5.74, 6) is 3.36. The Morgan fingerprint density at radius 2 is 2.17 bits per heavy atom. The number of imidazole rings is 1. The lowest BCUT2D eigenvalue weighted by atomic mass is 10.0. The first-order chi connectivity index (χ1) is 11.1. The lowest BCUT2D eigenvalue weighted by Gasteiger charge is -2.20. The number of hydrogen-bond acceptors (Lipinski definition) is 3. The Morgan fingerprint density at radius 1 is 1.35 bits per heavy atom. The molecule has 2 aromatic rings. The zero-order valence-corrected chi connectivity index (χ0v) is 14.9. The average molecular weight is 315 g/mol. The lowest BCUT2D eigenvalue weighted by molar-refractivity contribution is 0.256. The molecule has 0 N–H and O–H groups in total. The molecule has 0 amide bonds. The molecule has 4 nitrogen and oxygen atoms in total. The summed E-state index contributed by atoms with van der Waals surface area (Å²) in [5, 5.41) is 0. The van der Waals surface area contributed by atoms with Gasteiger partial charge in [-0.05, 0) is 30.9 Å². The average Bonchev–Trinajstić information content (AvgIpc) is 3.12. The van der Waals surface area contributed by atoms with Crippen LogP contribution in [0.1, 0.15) is 51.8 Å². The predicted molar refractivity (Wildman–Crippen MR) is 95.0 cm³/mol. The summed E-state index contributed by atoms with van der Waals surface area (Å²) < 4.78 is 7.80. The van der Waals surface area contributed by atoms with Crippen LogP contribution in [-0.4, -0.2) is 34.7 Å². The Morgan fingerprint density at radius 3 is 2.87 bits per heavy atom. The van der Waals surface area contributed by atoms with Crippen molar-refractivity contribution in [3.63, 3.8) is 0 Å². The van der Waals surface area contributed by atoms with Crippen molar-refractivity contribution in [3.8, 4) is 5.75 Å². The Labute approximate surface area is 139 Å². The van der Waals surface area contributed by atoms with E-state index in [2.05, 4.69) is 42.4 Å². The number of aromatic nitrogens is 2. The molecule has 1 unspecified atom stereocenters. The van der Waals surface area contributed by atoms with Crippen molar-refractivity contribution in [1.29, 1.82) is 0 Å². The van der Waals surface area contributed by atoms with Crippen molar-refractivity contribution < 1.29 is 4.74 Å². The standard InChI is InChI=1S/C19H29N3O/c1-5-6-15-9-10-21(12-15)13-22-18-11-16(23-4)7-8-17(18)20-19(22)14(2)3/h7-8,11,14-15H,5-6,9-10,12-13H2,1-4H3. The minimum atomic E-state index is 0.419. The highest BCUT2D eigenvalue weighted by atomic mass is 16.5. The molecule has 0 radical (unpaired) electrons. The van der Waals surface area contributed by atoms with Crippen LogP contribution in [0.25, 0.3) is 11.0 Å². The van der Waals surface area contributed by atoms with E-state index in [9.17, 15) is 0 Å². The van der Waals surface area contributed by atoms with Gasteiger partial charge in [-0.15, -0.1) is 0 Å². The fourth-order valence-electron chi connectivity index (χ4n) is 3.72. The summed E-state index contributed by atoms with van der Waals surface area (Å²) in [6.07, 6.45) is 3.98. The molecule has 0 saturated carbocycles. The third-order valence-electron chi connectivity index (χ3n) is 4.91. The van der Waals surface area contributed by atoms with E-state index in [1.165, 1.54) is 43.7 Å². The highest BCUT2D eigenvalue weighted by molar-refractivity contribution is 5.78. The molecule has 1 aromatic carbocycles. The molecule has 3 rings (SSSR count). The van der Waals surface area contributed by atoms with E-state index in [1.807, 2.05) is 6.07 Å². The monoisotopic (exact) mass is 315 g/mol. The van der Waals surface area contributed by atoms with Gasteiger partial charge in [0.25, 0.3) is 0 Å². The summed E-state index contributed by atoms with van der Waals surface area (Å²) in [6, 6.07) is 6.19. The van der Waals surface area contributed by atoms with Crippen LogP contribution < -0.4 is 4.74 Å². The second kappa shape index (κ2) is 6.91. The van der Waals surface area contributed by atoms with Gasteiger partial charge in [-0.3, -0.25) is 4.90 Å². The van der Waals surface area contributed by atoms with Gasteiger partial charge in [-0.2, -0.15) is 0 Å². The highest BCUT2D eigenvalue weighted by Crippen LogP contribution is 2.28. The van der Waals surface area contributed by atoms with Crippen LogP contribution in [0.5, 0.6) is 5.75 Å². The van der Waals surface area contributed by atoms with Crippen LogP contribution in [0, 0.1) is 5.92 Å². The van der Waals surface area contributed by atoms with E-state index in [0.717, 1.165) is 23.9 Å². The van der Waals surface area contributed by atoms with Crippen LogP contribution in [0.2, 0.25) is 0 Å². The number of ether oxygens (including phenoxy) is 1. The maximum absolute atomic E-state index is 5.41. The summed E-state index contributed by atoms with van der Waals surface area (Å²) in [4.78, 5) is 7.44. The molecule has 1 aliphatic heterocycles. The van der Waals surface area contributed by atoms with E-state index in [0.29, 0.717) is 5.92 Å². The van der Waals surface area contributed by atoms with Gasteiger partial charge < -0.3 is 9.30 Å². The number of hydrogen-bond donors (Lipinski definition) is 0. The molecular weight excluding hydrogens is 286 g/mol. The van der Waals surface area contributed by atoms with Crippen LogP contribution in [0.3, 0.4) is 0 Å². The van der Waals surface area contributed by atoms with Crippen LogP contribution in [-0.2, 0) is 6.67 Å². The van der Waals surface area contributed by atoms with Gasteiger partial charge in [-0.1, -0.05) is 27.2 Å². The highest BCUT2D eigenvalue weighted by Gasteiger charge is 2.24. The van der Waals surface area contributed by atoms with Crippen molar-refractivity contribution in [2.24, 2.45) is 5.92 Å². The molecule has 1 aromatic heterocycles. The largest absolute Gasteiger partial charge is 0.497 e. The second-order valence-corrected chi connectivity index (χ2v) is 7.07. The first-order valence-electron chi connectivity index (χ1n) is 8.88. The fraction of sp³-hybridized carbons (Fsp3) is 0.632. The van der Waals surface area contributed by atoms with E-state index < -0.39 is 0 Å². The predicted octanol–water partition coefficient (Wildman–Crippen LogP) is 4.25. The maximum Gasteiger partial charge on any atom is 0.121 e. The topological polar surface area (TPSA) is 30.3 Å². The van der Waals surface area contributed by atoms with Gasteiger partial charge in [0.05, 0.1) is 24.8 Å². The Kier molecular flexibility index (Phi) is 4.90. The molecule has 0 spiro atoms. The number of benzene rings is 1. The van der Waals surface area contributed by atoms with Crippen LogP contribution in [0.4, 0.5) is 0 Å². The first-order valence-corrected chi connectivity index (χ1v) is 8.88. The van der Waals surface area contributed by atoms with E-state index in [1.54, 1.807) is 7.11 Å². The zero-order chi connectivity index (χ0) is 16.4. The number of fused-ring (bicyclic) bond motifs is 1. The zero-order valence-electron chi connectivity index (χ0n) is 14.9. The van der Waals surface area contributed by atoms with Gasteiger partial charge in [0.15, 0.2) is 0 Å². The fourth-order valence-corrected chi connectivity index (χ4v) is 3.72. The smallest absolute Gasteiger partial charge is 0.121 e. The molecule has 1 atom stereocenters. The number of methoxy groups -OCH3 is 1. The molecule has 0 aliphatic carbocycles. The summed E-state index contributed by atoms with van der Waals surface area (Å²) in [7, 11) is 1.72. The summed E-state index contributed by atoms with van der Waals surface area (Å²) in [5.41, 5.74) is 2.26. The molecule has 23 heavy (non-hydrogen) atoms. The molecule has 2 heterocycles. The Bertz CT molecular complexity index is 662. The minimum absolute atomic E-state index is 0.419. The third-order valence-corrected chi connectivity index (χ3v) is 4.91. The van der Waals surface area contributed by atoms with Crippen molar-refractivity contribution in [1.82, 2.24) is 14.5 Å². The Hall–Kier alpha value is -1.55. The van der Waals surface area contributed by atoms with Gasteiger partial charge in [0.2, 0.25) is 0 Å². The molecule has 1 saturated heterocycles. The summed E-state index contributed by atoms with van der Waals surface area (Å²) in [6.45, 7) is 10.1. The molecule has 0 bridgehead atoms. The van der Waals surface area contributed by atoms with Crippen molar-refractivity contribution >= 4 is 11.0 Å². The van der Waals surface area contributed by atoms with Gasteiger partial charge in [0, 0.05) is 25.1 Å². The SMILES string of the molecule is CCCC1CCN(Cn2c(C(C)C)nc3ccc(OC)cc32)C1. The lowest BCUT2D eigenvalue weighted by Crippen LogP contribution is -2.25. The van der Waals surface area contributed by atoms with E-state index >= 15 is 0 Å². The molecular formula is C19H29N3O. The molecule has 126 valence electrons. The van der Waals surface area contributed by atoms with Gasteiger partial charge in [-0.25, -0.2) is 4.98 Å². The third kappa shape index (κ3) is 3.37. The first kappa shape index (κ1) is 16.3. The quantitative estimate of drug-likeness (QED) is 0.798. The van der Waals surface area contributed by atoms with Crippen molar-refractivity contribution in [3.05, 3.63) is 24.0 Å². The van der Waals surface area contributed by atoms with Crippen LogP contribution >= 0.6 is 0 Å². The number of likely N-dealkylation sites (tertiary alicyclic amines) is 1. The maximum atomic E-state index is 5.41. The molecule has 1 fully saturated rings. The Balaban J connectivity index is 1.90. The van der Waals surface area contributed by atoms with Crippen molar-refractivity contribution in [2.75, 3.05) is 20.2 Å². The summed E-state index contributed by atoms with van der Waals surface area (Å²) >= 11 is 0. The molecule has 4 heteroatoms. The van der Waals surface area contributed by atoms with E-state index in [4.69, 9.17) is 9.72 Å². The minimum Gasteiger partial charge on any atom is -0.497 e.